The number of hydrogen-bond donors (Lipinski definition) is 4. The van der Waals surface area contributed by atoms with Crippen LogP contribution in [0, 0.1) is 17.8 Å². The number of amides is 4. The summed E-state index contributed by atoms with van der Waals surface area (Å²) >= 11 is 0. The zero-order valence-electron chi connectivity index (χ0n) is 39.9. The summed E-state index contributed by atoms with van der Waals surface area (Å²) in [5, 5.41) is 8.54. The van der Waals surface area contributed by atoms with Crippen LogP contribution in [0.2, 0.25) is 0 Å². The van der Waals surface area contributed by atoms with Gasteiger partial charge in [0.1, 0.15) is 0 Å². The van der Waals surface area contributed by atoms with E-state index in [-0.39, 0.29) is 54.6 Å². The first-order chi connectivity index (χ1) is 27.5. The summed E-state index contributed by atoms with van der Waals surface area (Å²) in [6.45, 7) is 24.2. The lowest BCUT2D eigenvalue weighted by Crippen LogP contribution is -2.51. The number of likely N-dealkylation sites (tertiary alicyclic amines) is 1. The maximum Gasteiger partial charge on any atom is 0.242 e. The van der Waals surface area contributed by atoms with E-state index in [0.717, 1.165) is 55.8 Å². The number of likely N-dealkylation sites (N-methyl/N-ethyl adjacent to an activating group) is 1. The molecular formula is C45H89N7O6. The number of methoxy groups -OCH3 is 2. The van der Waals surface area contributed by atoms with Crippen molar-refractivity contribution >= 4 is 30.3 Å². The molecule has 0 aromatic heterocycles. The molecule has 1 fully saturated rings. The Labute approximate surface area is 355 Å². The van der Waals surface area contributed by atoms with Crippen LogP contribution in [0.5, 0.6) is 0 Å². The Bertz CT molecular complexity index is 1160. The van der Waals surface area contributed by atoms with Crippen molar-refractivity contribution in [3.63, 3.8) is 0 Å². The summed E-state index contributed by atoms with van der Waals surface area (Å²) in [6.07, 6.45) is 6.62. The van der Waals surface area contributed by atoms with Gasteiger partial charge in [-0.2, -0.15) is 0 Å². The van der Waals surface area contributed by atoms with Crippen molar-refractivity contribution in [3.8, 4) is 0 Å². The summed E-state index contributed by atoms with van der Waals surface area (Å²) in [5.41, 5.74) is 8.04. The van der Waals surface area contributed by atoms with E-state index in [2.05, 4.69) is 83.4 Å². The van der Waals surface area contributed by atoms with Gasteiger partial charge >= 0.3 is 0 Å². The Morgan fingerprint density at radius 2 is 1.52 bits per heavy atom. The van der Waals surface area contributed by atoms with Crippen molar-refractivity contribution in [3.05, 3.63) is 29.8 Å². The minimum atomic E-state index is -0.374. The predicted octanol–water partition coefficient (Wildman–Crippen LogP) is 6.05. The molecule has 2 rings (SSSR count). The van der Waals surface area contributed by atoms with Gasteiger partial charge in [-0.25, -0.2) is 0 Å². The molecule has 1 saturated heterocycles. The second kappa shape index (κ2) is 35.7. The molecule has 5 N–H and O–H groups in total. The molecule has 1 aromatic carbocycles. The van der Waals surface area contributed by atoms with Gasteiger partial charge in [0.05, 0.1) is 36.8 Å². The van der Waals surface area contributed by atoms with E-state index in [0.29, 0.717) is 31.3 Å². The summed E-state index contributed by atoms with van der Waals surface area (Å²) in [7, 11) is 11.1. The van der Waals surface area contributed by atoms with Crippen LogP contribution in [-0.2, 0) is 35.1 Å². The van der Waals surface area contributed by atoms with Gasteiger partial charge in [-0.05, 0) is 76.2 Å². The highest BCUT2D eigenvalue weighted by molar-refractivity contribution is 5.80. The highest BCUT2D eigenvalue weighted by Gasteiger charge is 2.37. The lowest BCUT2D eigenvalue weighted by Gasteiger charge is -2.37. The minimum absolute atomic E-state index is 0.0186. The van der Waals surface area contributed by atoms with Gasteiger partial charge in [-0.1, -0.05) is 94.2 Å². The highest BCUT2D eigenvalue weighted by atomic mass is 16.5. The number of benzene rings is 1. The first kappa shape index (κ1) is 59.1. The third-order valence-electron chi connectivity index (χ3n) is 10.7. The van der Waals surface area contributed by atoms with Crippen LogP contribution >= 0.6 is 0 Å². The molecule has 0 saturated carbocycles. The van der Waals surface area contributed by atoms with Gasteiger partial charge in [0.25, 0.3) is 0 Å². The molecule has 0 bridgehead atoms. The number of anilines is 1. The molecule has 13 heteroatoms. The fourth-order valence-corrected chi connectivity index (χ4v) is 6.56. The van der Waals surface area contributed by atoms with Gasteiger partial charge in [0.15, 0.2) is 0 Å². The molecule has 1 aliphatic heterocycles. The average molecular weight is 824 g/mol. The monoisotopic (exact) mass is 824 g/mol. The number of ether oxygens (including phenoxy) is 2. The first-order valence-electron chi connectivity index (χ1n) is 21.7. The van der Waals surface area contributed by atoms with Crippen LogP contribution in [0.15, 0.2) is 24.3 Å². The minimum Gasteiger partial charge on any atom is -0.388 e. The molecule has 0 aliphatic carbocycles. The fourth-order valence-electron chi connectivity index (χ4n) is 6.56. The van der Waals surface area contributed by atoms with Crippen LogP contribution in [0.25, 0.3) is 0 Å². The Balaban J connectivity index is -0.000000837. The number of carbonyl (C=O) groups is 4. The standard InChI is InChI=1S/C20H32N4O3.C13H26N2O3.C7H17N.C3H8.C2H6/c1-14(19(27-3)18-5-4-10-24(18)13-25)20(26)23-17(12-21)11-15-6-8-16(22-2)9-7-15;1-6-10(3)13(11(7-2)18-5)15(4)12(17)8-14-9-16;1-6(2)7(3)8(4)5;1-3-2;1-2/h6-9,13-14,17-19,22H,4-5,10-12,21H2,1-3H3,(H,23,26);9-11,13H,6-8H2,1-5H3,(H,14,16);6-7H,1-5H3;3H2,1-2H3;1-2H3. The maximum absolute atomic E-state index is 12.8. The maximum atomic E-state index is 12.8. The van der Waals surface area contributed by atoms with Gasteiger partial charge in [-0.15, -0.1) is 0 Å². The Morgan fingerprint density at radius 3 is 1.90 bits per heavy atom. The van der Waals surface area contributed by atoms with Crippen LogP contribution < -0.4 is 21.7 Å². The summed E-state index contributed by atoms with van der Waals surface area (Å²) in [6, 6.07) is 8.60. The zero-order chi connectivity index (χ0) is 45.4. The number of nitrogens with two attached hydrogens (primary N) is 1. The zero-order valence-corrected chi connectivity index (χ0v) is 39.9. The molecule has 1 heterocycles. The van der Waals surface area contributed by atoms with Crippen LogP contribution in [0.4, 0.5) is 5.69 Å². The molecule has 0 spiro atoms. The summed E-state index contributed by atoms with van der Waals surface area (Å²) in [5.74, 6) is 0.552. The number of nitrogens with one attached hydrogen (secondary N) is 3. The van der Waals surface area contributed by atoms with Crippen molar-refractivity contribution in [1.82, 2.24) is 25.3 Å². The van der Waals surface area contributed by atoms with Gasteiger partial charge in [-0.3, -0.25) is 19.2 Å². The topological polar surface area (TPSA) is 159 Å². The van der Waals surface area contributed by atoms with Crippen molar-refractivity contribution in [2.75, 3.05) is 67.4 Å². The van der Waals surface area contributed by atoms with Gasteiger partial charge in [0, 0.05) is 59.2 Å². The van der Waals surface area contributed by atoms with Crippen molar-refractivity contribution in [2.45, 2.75) is 151 Å². The highest BCUT2D eigenvalue weighted by Crippen LogP contribution is 2.25. The third-order valence-corrected chi connectivity index (χ3v) is 10.7. The molecule has 0 radical (unpaired) electrons. The van der Waals surface area contributed by atoms with E-state index in [4.69, 9.17) is 15.2 Å². The van der Waals surface area contributed by atoms with Gasteiger partial charge in [0.2, 0.25) is 24.6 Å². The average Bonchev–Trinajstić information content (AvgIpc) is 3.71. The van der Waals surface area contributed by atoms with E-state index < -0.39 is 0 Å². The second-order valence-electron chi connectivity index (χ2n) is 15.4. The molecule has 8 unspecified atom stereocenters. The van der Waals surface area contributed by atoms with E-state index in [1.807, 2.05) is 59.0 Å². The largest absolute Gasteiger partial charge is 0.388 e. The Kier molecular flexibility index (Phi) is 36.3. The second-order valence-corrected chi connectivity index (χ2v) is 15.4. The molecule has 58 heavy (non-hydrogen) atoms. The SMILES string of the molecule is CC.CC(C)C(C)N(C)C.CCC.CCC(C)C(C(CC)OC)N(C)C(=O)CNC=O.CNc1ccc(CC(CN)NC(=O)C(C)C(OC)C2CCCN2C=O)cc1. The van der Waals surface area contributed by atoms with Crippen molar-refractivity contribution < 1.29 is 28.7 Å². The number of rotatable bonds is 21. The molecule has 8 atom stereocenters. The molecule has 340 valence electrons. The van der Waals surface area contributed by atoms with E-state index in [9.17, 15) is 19.2 Å². The molecule has 1 aromatic rings. The third kappa shape index (κ3) is 22.8. The smallest absolute Gasteiger partial charge is 0.242 e. The summed E-state index contributed by atoms with van der Waals surface area (Å²) in [4.78, 5) is 51.9. The molecule has 1 aliphatic rings. The number of carbonyl (C=O) groups excluding carboxylic acids is 4. The molecular weight excluding hydrogens is 735 g/mol. The Hall–Kier alpha value is -3.26. The van der Waals surface area contributed by atoms with Gasteiger partial charge < -0.3 is 45.9 Å². The number of hydrogen-bond acceptors (Lipinski definition) is 9. The summed E-state index contributed by atoms with van der Waals surface area (Å²) < 4.78 is 11.1. The predicted molar refractivity (Wildman–Crippen MR) is 243 cm³/mol. The lowest BCUT2D eigenvalue weighted by atomic mass is 9.91. The fraction of sp³-hybridized carbons (Fsp3) is 0.778. The number of nitrogens with zero attached hydrogens (tertiary/aromatic N) is 3. The Morgan fingerprint density at radius 1 is 0.948 bits per heavy atom. The van der Waals surface area contributed by atoms with E-state index in [1.54, 1.807) is 31.1 Å². The van der Waals surface area contributed by atoms with E-state index in [1.165, 1.54) is 6.42 Å². The van der Waals surface area contributed by atoms with Crippen molar-refractivity contribution in [2.24, 2.45) is 23.5 Å². The molecule has 13 nitrogen and oxygen atoms in total. The normalized spacial score (nSPS) is 16.7. The van der Waals surface area contributed by atoms with E-state index >= 15 is 0 Å². The van der Waals surface area contributed by atoms with Crippen LogP contribution in [-0.4, -0.2) is 138 Å². The quantitative estimate of drug-likeness (QED) is 0.108. The first-order valence-corrected chi connectivity index (χ1v) is 21.7. The van der Waals surface area contributed by atoms with Crippen LogP contribution in [0.1, 0.15) is 114 Å². The molecule has 4 amide bonds. The lowest BCUT2D eigenvalue weighted by molar-refractivity contribution is -0.136. The van der Waals surface area contributed by atoms with Crippen LogP contribution in [0.3, 0.4) is 0 Å². The van der Waals surface area contributed by atoms with Crippen molar-refractivity contribution in [1.29, 1.82) is 0 Å².